The quantitative estimate of drug-likeness (QED) is 0.105. The molecule has 4 aromatic rings. The standard InChI is InChI=1S/C33H37N5O8/c1-4-46-32(41)26-20-38(9-11-44-13-14-45-12-10-39)27-17-21(6-8-25(27)29(26)40)5-7-23-15-22(18-28(42-2)30(23)43-3)16-24-19-36-33(35)37-31(24)34/h6,8,15,17-20,39H,4,9-14,16H2,1-3H3,(H4,34,35,36,37). The molecular formula is C33H37N5O8. The molecule has 0 saturated heterocycles. The number of nitrogens with two attached hydrogens (primary N) is 2. The number of aliphatic hydroxyl groups excluding tert-OH is 1. The van der Waals surface area contributed by atoms with Crippen LogP contribution in [0.5, 0.6) is 11.5 Å². The number of ether oxygens (including phenoxy) is 5. The Morgan fingerprint density at radius 2 is 1.80 bits per heavy atom. The van der Waals surface area contributed by atoms with Gasteiger partial charge in [-0.25, -0.2) is 9.78 Å². The van der Waals surface area contributed by atoms with Crippen molar-refractivity contribution in [3.63, 3.8) is 0 Å². The molecule has 5 N–H and O–H groups in total. The Bertz CT molecular complexity index is 1810. The van der Waals surface area contributed by atoms with Crippen molar-refractivity contribution < 1.29 is 33.6 Å². The third-order valence-corrected chi connectivity index (χ3v) is 6.85. The first-order chi connectivity index (χ1) is 22.3. The molecule has 0 saturated carbocycles. The molecule has 46 heavy (non-hydrogen) atoms. The highest BCUT2D eigenvalue weighted by atomic mass is 16.5. The second-order valence-electron chi connectivity index (χ2n) is 9.91. The lowest BCUT2D eigenvalue weighted by Crippen LogP contribution is -2.22. The second-order valence-corrected chi connectivity index (χ2v) is 9.91. The lowest BCUT2D eigenvalue weighted by atomic mass is 10.0. The Morgan fingerprint density at radius 1 is 1.02 bits per heavy atom. The van der Waals surface area contributed by atoms with Gasteiger partial charge in [0.25, 0.3) is 0 Å². The predicted octanol–water partition coefficient (Wildman–Crippen LogP) is 2.17. The van der Waals surface area contributed by atoms with Gasteiger partial charge in [0.1, 0.15) is 11.4 Å². The van der Waals surface area contributed by atoms with Crippen molar-refractivity contribution in [1.29, 1.82) is 0 Å². The minimum atomic E-state index is -0.696. The van der Waals surface area contributed by atoms with Crippen molar-refractivity contribution in [2.45, 2.75) is 19.9 Å². The van der Waals surface area contributed by atoms with Crippen molar-refractivity contribution in [3.8, 4) is 23.3 Å². The topological polar surface area (TPSA) is 183 Å². The van der Waals surface area contributed by atoms with E-state index in [-0.39, 0.29) is 43.8 Å². The monoisotopic (exact) mass is 631 g/mol. The molecular weight excluding hydrogens is 594 g/mol. The Morgan fingerprint density at radius 3 is 2.50 bits per heavy atom. The number of aromatic nitrogens is 3. The van der Waals surface area contributed by atoms with E-state index in [1.807, 2.05) is 12.1 Å². The molecule has 13 nitrogen and oxygen atoms in total. The highest BCUT2D eigenvalue weighted by molar-refractivity contribution is 5.94. The van der Waals surface area contributed by atoms with Gasteiger partial charge in [0.15, 0.2) is 11.5 Å². The first kappa shape index (κ1) is 33.7. The number of methoxy groups -OCH3 is 2. The summed E-state index contributed by atoms with van der Waals surface area (Å²) in [6, 6.07) is 8.83. The highest BCUT2D eigenvalue weighted by Gasteiger charge is 2.17. The number of hydrogen-bond acceptors (Lipinski definition) is 12. The van der Waals surface area contributed by atoms with Crippen LogP contribution in [0.1, 0.15) is 39.5 Å². The number of nitrogen functional groups attached to an aromatic ring is 2. The van der Waals surface area contributed by atoms with Gasteiger partial charge in [-0.15, -0.1) is 0 Å². The smallest absolute Gasteiger partial charge is 0.343 e. The summed E-state index contributed by atoms with van der Waals surface area (Å²) >= 11 is 0. The van der Waals surface area contributed by atoms with Crippen LogP contribution < -0.4 is 26.4 Å². The molecule has 0 fully saturated rings. The van der Waals surface area contributed by atoms with Crippen LogP contribution in [0.2, 0.25) is 0 Å². The summed E-state index contributed by atoms with van der Waals surface area (Å²) in [6.45, 7) is 3.26. The normalized spacial score (nSPS) is 10.8. The number of benzene rings is 2. The van der Waals surface area contributed by atoms with Gasteiger partial charge < -0.3 is 44.8 Å². The SMILES string of the molecule is CCOC(=O)c1cn(CCOCCOCCO)c2cc(C#Cc3cc(Cc4cnc(N)nc4N)cc(OC)c3OC)ccc2c1=O. The number of aliphatic hydroxyl groups is 1. The molecule has 242 valence electrons. The molecule has 0 aliphatic heterocycles. The maximum atomic E-state index is 13.3. The summed E-state index contributed by atoms with van der Waals surface area (Å²) in [7, 11) is 3.07. The highest BCUT2D eigenvalue weighted by Crippen LogP contribution is 2.33. The first-order valence-corrected chi connectivity index (χ1v) is 14.5. The Hall–Kier alpha value is -5.16. The van der Waals surface area contributed by atoms with Gasteiger partial charge in [-0.1, -0.05) is 11.8 Å². The van der Waals surface area contributed by atoms with Crippen LogP contribution in [0.25, 0.3) is 10.9 Å². The van der Waals surface area contributed by atoms with E-state index < -0.39 is 11.4 Å². The van der Waals surface area contributed by atoms with E-state index in [1.165, 1.54) is 13.3 Å². The molecule has 0 unspecified atom stereocenters. The van der Waals surface area contributed by atoms with Crippen LogP contribution >= 0.6 is 0 Å². The van der Waals surface area contributed by atoms with Crippen molar-refractivity contribution in [1.82, 2.24) is 14.5 Å². The van der Waals surface area contributed by atoms with E-state index in [0.717, 1.165) is 5.56 Å². The number of nitrogens with zero attached hydrogens (tertiary/aromatic N) is 3. The fraction of sp³-hybridized carbons (Fsp3) is 0.333. The number of fused-ring (bicyclic) bond motifs is 1. The molecule has 2 aromatic heterocycles. The fourth-order valence-electron chi connectivity index (χ4n) is 4.70. The Labute approximate surface area is 266 Å². The molecule has 0 aliphatic carbocycles. The van der Waals surface area contributed by atoms with Crippen LogP contribution in [-0.2, 0) is 27.2 Å². The molecule has 2 heterocycles. The number of carbonyl (C=O) groups excluding carboxylic acids is 1. The third kappa shape index (κ3) is 8.30. The second kappa shape index (κ2) is 16.2. The van der Waals surface area contributed by atoms with E-state index in [0.29, 0.717) is 65.3 Å². The lowest BCUT2D eigenvalue weighted by molar-refractivity contribution is 0.0311. The largest absolute Gasteiger partial charge is 0.493 e. The molecule has 2 aromatic carbocycles. The fourth-order valence-corrected chi connectivity index (χ4v) is 4.70. The van der Waals surface area contributed by atoms with Gasteiger partial charge in [0.05, 0.1) is 64.9 Å². The molecule has 0 spiro atoms. The van der Waals surface area contributed by atoms with Gasteiger partial charge in [0.2, 0.25) is 11.4 Å². The van der Waals surface area contributed by atoms with Crippen LogP contribution in [-0.4, -0.2) is 79.5 Å². The van der Waals surface area contributed by atoms with Crippen molar-refractivity contribution in [2.75, 3.05) is 65.3 Å². The molecule has 0 amide bonds. The summed E-state index contributed by atoms with van der Waals surface area (Å²) in [6.07, 6.45) is 3.47. The summed E-state index contributed by atoms with van der Waals surface area (Å²) in [5, 5.41) is 9.18. The molecule has 4 rings (SSSR count). The maximum Gasteiger partial charge on any atom is 0.343 e. The van der Waals surface area contributed by atoms with Gasteiger partial charge in [-0.3, -0.25) is 4.79 Å². The number of rotatable bonds is 14. The van der Waals surface area contributed by atoms with Crippen molar-refractivity contribution >= 4 is 28.6 Å². The van der Waals surface area contributed by atoms with E-state index in [9.17, 15) is 9.59 Å². The van der Waals surface area contributed by atoms with E-state index in [4.69, 9.17) is 40.3 Å². The Kier molecular flexibility index (Phi) is 11.9. The maximum absolute atomic E-state index is 13.3. The van der Waals surface area contributed by atoms with Gasteiger partial charge in [-0.2, -0.15) is 4.98 Å². The number of pyridine rings is 1. The van der Waals surface area contributed by atoms with Gasteiger partial charge in [-0.05, 0) is 42.8 Å². The molecule has 0 atom stereocenters. The summed E-state index contributed by atoms with van der Waals surface area (Å²) in [4.78, 5) is 33.9. The van der Waals surface area contributed by atoms with Crippen LogP contribution in [0, 0.1) is 11.8 Å². The van der Waals surface area contributed by atoms with Crippen molar-refractivity contribution in [3.05, 3.63) is 80.8 Å². The minimum absolute atomic E-state index is 0.0643. The molecule has 0 radical (unpaired) electrons. The minimum Gasteiger partial charge on any atom is -0.493 e. The zero-order chi connectivity index (χ0) is 33.1. The van der Waals surface area contributed by atoms with E-state index >= 15 is 0 Å². The number of anilines is 2. The predicted molar refractivity (Wildman–Crippen MR) is 172 cm³/mol. The number of hydrogen-bond donors (Lipinski definition) is 3. The van der Waals surface area contributed by atoms with Crippen LogP contribution in [0.15, 0.2) is 47.5 Å². The van der Waals surface area contributed by atoms with E-state index in [2.05, 4.69) is 21.8 Å². The third-order valence-electron chi connectivity index (χ3n) is 6.85. The molecule has 13 heteroatoms. The Balaban J connectivity index is 1.70. The lowest BCUT2D eigenvalue weighted by Gasteiger charge is -2.14. The zero-order valence-corrected chi connectivity index (χ0v) is 26.0. The van der Waals surface area contributed by atoms with E-state index in [1.54, 1.807) is 43.0 Å². The average Bonchev–Trinajstić information content (AvgIpc) is 3.05. The van der Waals surface area contributed by atoms with Gasteiger partial charge in [0, 0.05) is 41.9 Å². The summed E-state index contributed by atoms with van der Waals surface area (Å²) in [5.41, 5.74) is 14.5. The molecule has 0 aliphatic rings. The van der Waals surface area contributed by atoms with Crippen molar-refractivity contribution in [2.24, 2.45) is 0 Å². The van der Waals surface area contributed by atoms with Crippen LogP contribution in [0.4, 0.5) is 11.8 Å². The number of carbonyl (C=O) groups is 1. The zero-order valence-electron chi connectivity index (χ0n) is 26.0. The van der Waals surface area contributed by atoms with Crippen LogP contribution in [0.3, 0.4) is 0 Å². The molecule has 0 bridgehead atoms. The summed E-state index contributed by atoms with van der Waals surface area (Å²) < 4.78 is 29.0. The first-order valence-electron chi connectivity index (χ1n) is 14.5. The average molecular weight is 632 g/mol. The van der Waals surface area contributed by atoms with Gasteiger partial charge >= 0.3 is 5.97 Å². The summed E-state index contributed by atoms with van der Waals surface area (Å²) in [5.74, 6) is 6.95. The number of esters is 1.